The Bertz CT molecular complexity index is 2530. The second-order valence-corrected chi connectivity index (χ2v) is 12.2. The molecule has 0 aliphatic carbocycles. The van der Waals surface area contributed by atoms with Gasteiger partial charge in [0.25, 0.3) is 0 Å². The molecule has 0 radical (unpaired) electrons. The van der Waals surface area contributed by atoms with Crippen LogP contribution in [0.3, 0.4) is 0 Å². The monoisotopic (exact) mass is 613 g/mol. The number of anilines is 3. The third-order valence-corrected chi connectivity index (χ3v) is 9.27. The molecule has 2 nitrogen and oxygen atoms in total. The van der Waals surface area contributed by atoms with Gasteiger partial charge in [-0.2, -0.15) is 0 Å². The van der Waals surface area contributed by atoms with Gasteiger partial charge < -0.3 is 9.32 Å². The van der Waals surface area contributed by atoms with Gasteiger partial charge in [0.2, 0.25) is 0 Å². The third kappa shape index (κ3) is 5.01. The van der Waals surface area contributed by atoms with Gasteiger partial charge in [-0.25, -0.2) is 0 Å². The van der Waals surface area contributed by atoms with Crippen LogP contribution in [0, 0.1) is 0 Å². The van der Waals surface area contributed by atoms with Crippen LogP contribution in [0.1, 0.15) is 0 Å². The Hall–Kier alpha value is -6.38. The standard InChI is InChI=1S/C46H31NO/c1-3-10-32(11-4-1)34-18-20-35(21-19-34)36-22-25-39(26-23-36)47(40-16-9-15-38(30-40)33-12-5-2-6-13-33)41-27-29-43-44-28-24-37-14-7-8-17-42(37)46(44)48-45(43)31-41/h1-31H. The summed E-state index contributed by atoms with van der Waals surface area (Å²) in [5.41, 5.74) is 12.2. The van der Waals surface area contributed by atoms with Crippen LogP contribution >= 0.6 is 0 Å². The van der Waals surface area contributed by atoms with Crippen LogP contribution in [0.5, 0.6) is 0 Å². The summed E-state index contributed by atoms with van der Waals surface area (Å²) >= 11 is 0. The summed E-state index contributed by atoms with van der Waals surface area (Å²) in [7, 11) is 0. The highest BCUT2D eigenvalue weighted by Crippen LogP contribution is 2.41. The summed E-state index contributed by atoms with van der Waals surface area (Å²) < 4.78 is 6.61. The molecule has 2 heteroatoms. The second kappa shape index (κ2) is 11.8. The quantitative estimate of drug-likeness (QED) is 0.185. The van der Waals surface area contributed by atoms with Crippen LogP contribution in [0.15, 0.2) is 192 Å². The maximum absolute atomic E-state index is 6.61. The van der Waals surface area contributed by atoms with Crippen LogP contribution in [0.25, 0.3) is 66.1 Å². The molecule has 0 atom stereocenters. The molecule has 8 aromatic carbocycles. The molecule has 0 aliphatic heterocycles. The van der Waals surface area contributed by atoms with Gasteiger partial charge in [0.05, 0.1) is 0 Å². The van der Waals surface area contributed by atoms with Gasteiger partial charge in [0.1, 0.15) is 11.2 Å². The normalized spacial score (nSPS) is 11.3. The summed E-state index contributed by atoms with van der Waals surface area (Å²) in [6.07, 6.45) is 0. The molecule has 1 heterocycles. The number of benzene rings is 8. The van der Waals surface area contributed by atoms with E-state index in [1.807, 2.05) is 0 Å². The van der Waals surface area contributed by atoms with Gasteiger partial charge in [0.15, 0.2) is 0 Å². The highest BCUT2D eigenvalue weighted by Gasteiger charge is 2.17. The molecule has 0 amide bonds. The lowest BCUT2D eigenvalue weighted by Crippen LogP contribution is -2.10. The minimum atomic E-state index is 0.873. The molecule has 9 aromatic rings. The van der Waals surface area contributed by atoms with Crippen molar-refractivity contribution in [3.8, 4) is 33.4 Å². The number of fused-ring (bicyclic) bond motifs is 5. The Balaban J connectivity index is 1.14. The lowest BCUT2D eigenvalue weighted by Gasteiger charge is -2.26. The van der Waals surface area contributed by atoms with Crippen molar-refractivity contribution < 1.29 is 4.42 Å². The molecule has 0 bridgehead atoms. The van der Waals surface area contributed by atoms with Crippen LogP contribution in [-0.2, 0) is 0 Å². The van der Waals surface area contributed by atoms with Crippen molar-refractivity contribution in [2.75, 3.05) is 4.90 Å². The molecule has 226 valence electrons. The van der Waals surface area contributed by atoms with Crippen molar-refractivity contribution in [3.63, 3.8) is 0 Å². The maximum atomic E-state index is 6.61. The summed E-state index contributed by atoms with van der Waals surface area (Å²) in [5, 5.41) is 4.56. The first-order valence-corrected chi connectivity index (χ1v) is 16.3. The van der Waals surface area contributed by atoms with E-state index in [9.17, 15) is 0 Å². The molecule has 0 saturated carbocycles. The van der Waals surface area contributed by atoms with E-state index in [0.717, 1.165) is 44.4 Å². The molecule has 48 heavy (non-hydrogen) atoms. The van der Waals surface area contributed by atoms with Crippen molar-refractivity contribution in [1.82, 2.24) is 0 Å². The zero-order chi connectivity index (χ0) is 31.9. The number of nitrogens with zero attached hydrogens (tertiary/aromatic N) is 1. The molecule has 0 saturated heterocycles. The van der Waals surface area contributed by atoms with Crippen LogP contribution in [-0.4, -0.2) is 0 Å². The molecule has 1 aromatic heterocycles. The molecular weight excluding hydrogens is 583 g/mol. The average molecular weight is 614 g/mol. The fourth-order valence-electron chi connectivity index (χ4n) is 6.82. The smallest absolute Gasteiger partial charge is 0.143 e. The second-order valence-electron chi connectivity index (χ2n) is 12.2. The van der Waals surface area contributed by atoms with E-state index in [0.29, 0.717) is 0 Å². The lowest BCUT2D eigenvalue weighted by molar-refractivity contribution is 0.672. The van der Waals surface area contributed by atoms with E-state index in [1.165, 1.54) is 38.8 Å². The van der Waals surface area contributed by atoms with Crippen LogP contribution in [0.4, 0.5) is 17.1 Å². The summed E-state index contributed by atoms with van der Waals surface area (Å²) in [4.78, 5) is 2.32. The first-order chi connectivity index (χ1) is 23.8. The van der Waals surface area contributed by atoms with Gasteiger partial charge in [-0.1, -0.05) is 140 Å². The third-order valence-electron chi connectivity index (χ3n) is 9.27. The maximum Gasteiger partial charge on any atom is 0.143 e. The summed E-state index contributed by atoms with van der Waals surface area (Å²) in [6.45, 7) is 0. The fourth-order valence-corrected chi connectivity index (χ4v) is 6.82. The van der Waals surface area contributed by atoms with E-state index >= 15 is 0 Å². The summed E-state index contributed by atoms with van der Waals surface area (Å²) in [6, 6.07) is 66.8. The topological polar surface area (TPSA) is 16.4 Å². The van der Waals surface area contributed by atoms with Crippen LogP contribution in [0.2, 0.25) is 0 Å². The SMILES string of the molecule is c1ccc(-c2ccc(-c3ccc(N(c4cccc(-c5ccccc5)c4)c4ccc5c(c4)oc4c6ccccc6ccc54)cc3)cc2)cc1. The molecule has 9 rings (SSSR count). The highest BCUT2D eigenvalue weighted by atomic mass is 16.3. The molecule has 0 N–H and O–H groups in total. The van der Waals surface area contributed by atoms with Gasteiger partial charge in [-0.05, 0) is 81.2 Å². The number of furan rings is 1. The van der Waals surface area contributed by atoms with Crippen LogP contribution < -0.4 is 4.90 Å². The summed E-state index contributed by atoms with van der Waals surface area (Å²) in [5.74, 6) is 0. The zero-order valence-electron chi connectivity index (χ0n) is 26.3. The van der Waals surface area contributed by atoms with E-state index in [2.05, 4.69) is 193 Å². The number of hydrogen-bond acceptors (Lipinski definition) is 2. The van der Waals surface area contributed by atoms with Crippen molar-refractivity contribution in [3.05, 3.63) is 188 Å². The molecular formula is C46H31NO. The Kier molecular flexibility index (Phi) is 6.84. The molecule has 0 unspecified atom stereocenters. The van der Waals surface area contributed by atoms with E-state index in [-0.39, 0.29) is 0 Å². The highest BCUT2D eigenvalue weighted by molar-refractivity contribution is 6.15. The predicted octanol–water partition coefficient (Wildman–Crippen LogP) is 13.2. The van der Waals surface area contributed by atoms with Gasteiger partial charge >= 0.3 is 0 Å². The minimum absolute atomic E-state index is 0.873. The minimum Gasteiger partial charge on any atom is -0.455 e. The van der Waals surface area contributed by atoms with E-state index in [4.69, 9.17) is 4.42 Å². The van der Waals surface area contributed by atoms with Crippen molar-refractivity contribution in [2.45, 2.75) is 0 Å². The first-order valence-electron chi connectivity index (χ1n) is 16.3. The Morgan fingerprint density at radius 1 is 0.312 bits per heavy atom. The van der Waals surface area contributed by atoms with Gasteiger partial charge in [-0.3, -0.25) is 0 Å². The number of rotatable bonds is 6. The fraction of sp³-hybridized carbons (Fsp3) is 0. The largest absolute Gasteiger partial charge is 0.455 e. The zero-order valence-corrected chi connectivity index (χ0v) is 26.3. The molecule has 0 aliphatic rings. The van der Waals surface area contributed by atoms with E-state index < -0.39 is 0 Å². The van der Waals surface area contributed by atoms with Crippen molar-refractivity contribution >= 4 is 49.8 Å². The molecule has 0 fully saturated rings. The van der Waals surface area contributed by atoms with Crippen molar-refractivity contribution in [2.24, 2.45) is 0 Å². The van der Waals surface area contributed by atoms with Crippen molar-refractivity contribution in [1.29, 1.82) is 0 Å². The molecule has 0 spiro atoms. The Morgan fingerprint density at radius 2 is 0.833 bits per heavy atom. The van der Waals surface area contributed by atoms with Gasteiger partial charge in [-0.15, -0.1) is 0 Å². The predicted molar refractivity (Wildman–Crippen MR) is 202 cm³/mol. The average Bonchev–Trinajstić information content (AvgIpc) is 3.55. The lowest BCUT2D eigenvalue weighted by atomic mass is 10.00. The number of hydrogen-bond donors (Lipinski definition) is 0. The van der Waals surface area contributed by atoms with E-state index in [1.54, 1.807) is 0 Å². The Morgan fingerprint density at radius 3 is 1.54 bits per heavy atom. The van der Waals surface area contributed by atoms with Gasteiger partial charge in [0, 0.05) is 39.3 Å². The first kappa shape index (κ1) is 27.9. The Labute approximate surface area is 279 Å².